The largest absolute Gasteiger partial charge is 0.393 e. The molecule has 1 aliphatic heterocycles. The fourth-order valence-corrected chi connectivity index (χ4v) is 3.96. The highest BCUT2D eigenvalue weighted by molar-refractivity contribution is 7.18. The standard InChI is InChI=1S/C15H17F2N2O3PS/c1-8-12(18-22-13(8)15(16,17)23)10-2-3-11(24-10)14(21)19-6-4-9(20)5-7-19/h2-3,9,20H,4-7,23H2,1H3. The number of alkyl halides is 2. The van der Waals surface area contributed by atoms with Crippen molar-refractivity contribution in [1.29, 1.82) is 0 Å². The average molecular weight is 374 g/mol. The molecule has 0 aromatic carbocycles. The number of hydrogen-bond acceptors (Lipinski definition) is 5. The predicted molar refractivity (Wildman–Crippen MR) is 89.3 cm³/mol. The van der Waals surface area contributed by atoms with Crippen molar-refractivity contribution in [2.24, 2.45) is 0 Å². The molecule has 2 aromatic rings. The van der Waals surface area contributed by atoms with Crippen LogP contribution < -0.4 is 0 Å². The molecule has 3 heterocycles. The topological polar surface area (TPSA) is 66.6 Å². The SMILES string of the molecule is Cc1c(-c2ccc(C(=O)N3CCC(O)CC3)s2)noc1C(F)(F)P. The monoisotopic (exact) mass is 374 g/mol. The Kier molecular flexibility index (Phi) is 4.73. The van der Waals surface area contributed by atoms with Gasteiger partial charge >= 0.3 is 5.66 Å². The second-order valence-corrected chi connectivity index (χ2v) is 7.60. The molecule has 24 heavy (non-hydrogen) atoms. The maximum Gasteiger partial charge on any atom is 0.318 e. The summed E-state index contributed by atoms with van der Waals surface area (Å²) in [6, 6.07) is 3.35. The lowest BCUT2D eigenvalue weighted by Crippen LogP contribution is -2.39. The van der Waals surface area contributed by atoms with Crippen molar-refractivity contribution in [3.8, 4) is 10.6 Å². The number of carbonyl (C=O) groups excluding carboxylic acids is 1. The van der Waals surface area contributed by atoms with Gasteiger partial charge in [-0.3, -0.25) is 4.79 Å². The Hall–Kier alpha value is -1.37. The van der Waals surface area contributed by atoms with Crippen LogP contribution in [0.5, 0.6) is 0 Å². The number of amides is 1. The number of aromatic nitrogens is 1. The van der Waals surface area contributed by atoms with E-state index in [1.807, 2.05) is 0 Å². The molecular weight excluding hydrogens is 357 g/mol. The summed E-state index contributed by atoms with van der Waals surface area (Å²) >= 11 is 1.20. The van der Waals surface area contributed by atoms with Gasteiger partial charge in [0.25, 0.3) is 5.91 Å². The van der Waals surface area contributed by atoms with Crippen molar-refractivity contribution in [2.75, 3.05) is 13.1 Å². The van der Waals surface area contributed by atoms with Crippen LogP contribution in [0.1, 0.15) is 33.8 Å². The van der Waals surface area contributed by atoms with E-state index in [-0.39, 0.29) is 17.6 Å². The molecule has 1 amide bonds. The number of aliphatic hydroxyl groups excluding tert-OH is 1. The first kappa shape index (κ1) is 17.5. The predicted octanol–water partition coefficient (Wildman–Crippen LogP) is 3.23. The van der Waals surface area contributed by atoms with Gasteiger partial charge < -0.3 is 14.5 Å². The van der Waals surface area contributed by atoms with Gasteiger partial charge in [-0.2, -0.15) is 8.78 Å². The Morgan fingerprint density at radius 1 is 1.46 bits per heavy atom. The van der Waals surface area contributed by atoms with E-state index >= 15 is 0 Å². The molecular formula is C15H17F2N2O3PS. The van der Waals surface area contributed by atoms with Crippen LogP contribution in [0.4, 0.5) is 8.78 Å². The highest BCUT2D eigenvalue weighted by Crippen LogP contribution is 2.41. The third-order valence-electron chi connectivity index (χ3n) is 4.03. The quantitative estimate of drug-likeness (QED) is 0.838. The molecule has 0 radical (unpaired) electrons. The Bertz CT molecular complexity index is 748. The van der Waals surface area contributed by atoms with Crippen molar-refractivity contribution in [2.45, 2.75) is 31.5 Å². The smallest absolute Gasteiger partial charge is 0.318 e. The Labute approximate surface area is 143 Å². The van der Waals surface area contributed by atoms with Gasteiger partial charge in [-0.15, -0.1) is 11.3 Å². The van der Waals surface area contributed by atoms with E-state index < -0.39 is 11.4 Å². The number of thiophene rings is 1. The normalized spacial score (nSPS) is 16.6. The van der Waals surface area contributed by atoms with Gasteiger partial charge in [0.05, 0.1) is 15.9 Å². The zero-order valence-electron chi connectivity index (χ0n) is 13.0. The first-order chi connectivity index (χ1) is 11.3. The number of halogens is 2. The molecule has 9 heteroatoms. The number of likely N-dealkylation sites (tertiary alicyclic amines) is 1. The molecule has 1 saturated heterocycles. The summed E-state index contributed by atoms with van der Waals surface area (Å²) in [5.74, 6) is -0.607. The van der Waals surface area contributed by atoms with Crippen molar-refractivity contribution >= 4 is 26.5 Å². The number of nitrogens with zero attached hydrogens (tertiary/aromatic N) is 2. The minimum atomic E-state index is -3.18. The fraction of sp³-hybridized carbons (Fsp3) is 0.467. The van der Waals surface area contributed by atoms with Gasteiger partial charge in [-0.05, 0) is 31.9 Å². The summed E-state index contributed by atoms with van der Waals surface area (Å²) in [4.78, 5) is 15.3. The van der Waals surface area contributed by atoms with Gasteiger partial charge in [-0.25, -0.2) is 0 Å². The summed E-state index contributed by atoms with van der Waals surface area (Å²) < 4.78 is 31.6. The number of carbonyl (C=O) groups is 1. The summed E-state index contributed by atoms with van der Waals surface area (Å²) in [5, 5.41) is 13.2. The number of rotatable bonds is 3. The molecule has 0 spiro atoms. The number of aliphatic hydroxyl groups is 1. The Morgan fingerprint density at radius 2 is 2.12 bits per heavy atom. The van der Waals surface area contributed by atoms with E-state index in [1.54, 1.807) is 17.0 Å². The van der Waals surface area contributed by atoms with Crippen LogP contribution in [-0.2, 0) is 5.66 Å². The summed E-state index contributed by atoms with van der Waals surface area (Å²) in [7, 11) is 1.43. The van der Waals surface area contributed by atoms with E-state index in [9.17, 15) is 18.7 Å². The first-order valence-corrected chi connectivity index (χ1v) is 8.87. The van der Waals surface area contributed by atoms with E-state index in [4.69, 9.17) is 4.52 Å². The van der Waals surface area contributed by atoms with Gasteiger partial charge in [0.1, 0.15) is 5.69 Å². The lowest BCUT2D eigenvalue weighted by Gasteiger charge is -2.29. The summed E-state index contributed by atoms with van der Waals surface area (Å²) in [6.45, 7) is 2.55. The van der Waals surface area contributed by atoms with Crippen molar-refractivity contribution < 1.29 is 23.2 Å². The van der Waals surface area contributed by atoms with Gasteiger partial charge in [-0.1, -0.05) is 14.4 Å². The van der Waals surface area contributed by atoms with E-state index in [1.165, 1.54) is 27.5 Å². The molecule has 0 saturated carbocycles. The second kappa shape index (κ2) is 6.50. The first-order valence-electron chi connectivity index (χ1n) is 7.48. The number of hydrogen-bond donors (Lipinski definition) is 1. The molecule has 130 valence electrons. The summed E-state index contributed by atoms with van der Waals surface area (Å²) in [6.07, 6.45) is 0.788. The maximum absolute atomic E-state index is 13.4. The van der Waals surface area contributed by atoms with Gasteiger partial charge in [0.2, 0.25) is 5.76 Å². The van der Waals surface area contributed by atoms with Crippen LogP contribution in [0.3, 0.4) is 0 Å². The molecule has 1 fully saturated rings. The van der Waals surface area contributed by atoms with Crippen LogP contribution in [0, 0.1) is 6.92 Å². The molecule has 2 aromatic heterocycles. The van der Waals surface area contributed by atoms with Crippen molar-refractivity contribution in [1.82, 2.24) is 10.1 Å². The average Bonchev–Trinajstić information content (AvgIpc) is 3.13. The van der Waals surface area contributed by atoms with E-state index in [0.29, 0.717) is 41.4 Å². The Morgan fingerprint density at radius 3 is 2.71 bits per heavy atom. The van der Waals surface area contributed by atoms with Crippen LogP contribution >= 0.6 is 20.6 Å². The fourth-order valence-electron chi connectivity index (χ4n) is 2.68. The van der Waals surface area contributed by atoms with Crippen LogP contribution in [0.15, 0.2) is 16.7 Å². The minimum Gasteiger partial charge on any atom is -0.393 e. The third kappa shape index (κ3) is 3.36. The van der Waals surface area contributed by atoms with Crippen molar-refractivity contribution in [3.05, 3.63) is 28.3 Å². The van der Waals surface area contributed by atoms with Crippen LogP contribution in [0.2, 0.25) is 0 Å². The third-order valence-corrected chi connectivity index (χ3v) is 5.37. The lowest BCUT2D eigenvalue weighted by molar-refractivity contribution is 0.0550. The van der Waals surface area contributed by atoms with Crippen molar-refractivity contribution in [3.63, 3.8) is 0 Å². The second-order valence-electron chi connectivity index (χ2n) is 5.80. The van der Waals surface area contributed by atoms with E-state index in [2.05, 4.69) is 5.16 Å². The summed E-state index contributed by atoms with van der Waals surface area (Å²) in [5.41, 5.74) is -2.60. The molecule has 1 aliphatic rings. The molecule has 3 rings (SSSR count). The Balaban J connectivity index is 1.81. The molecule has 5 nitrogen and oxygen atoms in total. The highest BCUT2D eigenvalue weighted by atomic mass is 32.1. The lowest BCUT2D eigenvalue weighted by atomic mass is 10.1. The minimum absolute atomic E-state index is 0.115. The molecule has 1 unspecified atom stereocenters. The molecule has 1 N–H and O–H groups in total. The number of piperidine rings is 1. The van der Waals surface area contributed by atoms with Gasteiger partial charge in [0.15, 0.2) is 0 Å². The zero-order chi connectivity index (χ0) is 17.5. The van der Waals surface area contributed by atoms with Gasteiger partial charge in [0, 0.05) is 18.7 Å². The van der Waals surface area contributed by atoms with E-state index in [0.717, 1.165) is 0 Å². The molecule has 0 aliphatic carbocycles. The molecule has 1 atom stereocenters. The zero-order valence-corrected chi connectivity index (χ0v) is 14.9. The highest BCUT2D eigenvalue weighted by Gasteiger charge is 2.34. The van der Waals surface area contributed by atoms with Crippen LogP contribution in [-0.4, -0.2) is 40.3 Å². The maximum atomic E-state index is 13.4. The van der Waals surface area contributed by atoms with Crippen LogP contribution in [0.25, 0.3) is 10.6 Å². The molecule has 0 bridgehead atoms.